The van der Waals surface area contributed by atoms with Crippen molar-refractivity contribution in [3.8, 4) is 5.75 Å². The zero-order valence-electron chi connectivity index (χ0n) is 11.6. The van der Waals surface area contributed by atoms with E-state index < -0.39 is 10.0 Å². The summed E-state index contributed by atoms with van der Waals surface area (Å²) in [6, 6.07) is 4.30. The molecule has 0 radical (unpaired) electrons. The van der Waals surface area contributed by atoms with Crippen LogP contribution in [0.2, 0.25) is 5.28 Å². The molecule has 2 rings (SSSR count). The number of nitrogens with zero attached hydrogens (tertiary/aromatic N) is 3. The van der Waals surface area contributed by atoms with Gasteiger partial charge in [0, 0.05) is 19.3 Å². The number of halogens is 2. The minimum absolute atomic E-state index is 0.0440. The summed E-state index contributed by atoms with van der Waals surface area (Å²) in [5, 5.41) is 12.6. The maximum Gasteiger partial charge on any atom is 0.232 e. The lowest BCUT2D eigenvalue weighted by Gasteiger charge is -2.21. The van der Waals surface area contributed by atoms with E-state index in [1.807, 2.05) is 0 Å². The predicted octanol–water partition coefficient (Wildman–Crippen LogP) is 2.74. The highest BCUT2D eigenvalue weighted by Crippen LogP contribution is 2.34. The number of anilines is 3. The third-order valence-electron chi connectivity index (χ3n) is 2.79. The third-order valence-corrected chi connectivity index (χ3v) is 4.74. The zero-order valence-corrected chi connectivity index (χ0v) is 14.7. The summed E-state index contributed by atoms with van der Waals surface area (Å²) in [7, 11) is -2.11. The van der Waals surface area contributed by atoms with Gasteiger partial charge in [0.25, 0.3) is 0 Å². The Morgan fingerprint density at radius 3 is 2.73 bits per heavy atom. The topological polar surface area (TPSA) is 95.4 Å². The molecule has 0 bridgehead atoms. The Hall–Kier alpha value is -1.58. The summed E-state index contributed by atoms with van der Waals surface area (Å²) in [5.41, 5.74) is 0.699. The smallest absolute Gasteiger partial charge is 0.232 e. The second kappa shape index (κ2) is 6.27. The van der Waals surface area contributed by atoms with Crippen LogP contribution in [0.4, 0.5) is 17.2 Å². The van der Waals surface area contributed by atoms with Crippen LogP contribution >= 0.6 is 27.5 Å². The molecular formula is C12H12BrClN4O3S. The molecule has 1 aromatic heterocycles. The second-order valence-corrected chi connectivity index (χ2v) is 7.60. The number of rotatable bonds is 4. The number of hydrogen-bond acceptors (Lipinski definition) is 6. The molecule has 2 N–H and O–H groups in total. The Labute approximate surface area is 141 Å². The number of phenolic OH excluding ortho intramolecular Hbond substituents is 1. The van der Waals surface area contributed by atoms with Crippen LogP contribution in [0.15, 0.2) is 28.9 Å². The predicted molar refractivity (Wildman–Crippen MR) is 89.4 cm³/mol. The summed E-state index contributed by atoms with van der Waals surface area (Å²) in [6.45, 7) is 0. The molecule has 0 amide bonds. The Balaban J connectivity index is 2.50. The van der Waals surface area contributed by atoms with Crippen molar-refractivity contribution in [2.24, 2.45) is 0 Å². The highest BCUT2D eigenvalue weighted by molar-refractivity contribution is 9.10. The summed E-state index contributed by atoms with van der Waals surface area (Å²) < 4.78 is 25.1. The van der Waals surface area contributed by atoms with E-state index in [0.29, 0.717) is 16.0 Å². The molecule has 118 valence electrons. The molecule has 0 unspecified atom stereocenters. The van der Waals surface area contributed by atoms with E-state index >= 15 is 0 Å². The molecule has 0 saturated heterocycles. The lowest BCUT2D eigenvalue weighted by atomic mass is 10.2. The number of benzene rings is 1. The fraction of sp³-hybridized carbons (Fsp3) is 0.167. The number of hydrogen-bond donors (Lipinski definition) is 2. The Morgan fingerprint density at radius 2 is 2.09 bits per heavy atom. The Kier molecular flexibility index (Phi) is 4.78. The van der Waals surface area contributed by atoms with E-state index in [2.05, 4.69) is 31.2 Å². The molecular weight excluding hydrogens is 396 g/mol. The van der Waals surface area contributed by atoms with Crippen LogP contribution in [0.25, 0.3) is 0 Å². The van der Waals surface area contributed by atoms with Crippen molar-refractivity contribution < 1.29 is 13.5 Å². The molecule has 7 nitrogen and oxygen atoms in total. The highest BCUT2D eigenvalue weighted by atomic mass is 79.9. The maximum atomic E-state index is 11.7. The highest BCUT2D eigenvalue weighted by Gasteiger charge is 2.17. The van der Waals surface area contributed by atoms with Gasteiger partial charge >= 0.3 is 0 Å². The van der Waals surface area contributed by atoms with Crippen LogP contribution in [-0.2, 0) is 10.0 Å². The van der Waals surface area contributed by atoms with Crippen molar-refractivity contribution in [3.05, 3.63) is 34.2 Å². The van der Waals surface area contributed by atoms with Gasteiger partial charge in [0.2, 0.25) is 15.3 Å². The number of sulfonamides is 1. The minimum atomic E-state index is -3.49. The molecule has 1 heterocycles. The van der Waals surface area contributed by atoms with Crippen LogP contribution < -0.4 is 9.62 Å². The molecule has 0 aliphatic carbocycles. The van der Waals surface area contributed by atoms with Crippen LogP contribution in [0.5, 0.6) is 5.75 Å². The average Bonchev–Trinajstić information content (AvgIpc) is 2.43. The van der Waals surface area contributed by atoms with Crippen molar-refractivity contribution >= 4 is 54.7 Å². The third kappa shape index (κ3) is 3.79. The van der Waals surface area contributed by atoms with Gasteiger partial charge in [-0.2, -0.15) is 4.98 Å². The van der Waals surface area contributed by atoms with Crippen LogP contribution in [0.3, 0.4) is 0 Å². The zero-order chi connectivity index (χ0) is 16.5. The fourth-order valence-electron chi connectivity index (χ4n) is 1.63. The van der Waals surface area contributed by atoms with Crippen molar-refractivity contribution in [2.45, 2.75) is 0 Å². The van der Waals surface area contributed by atoms with Crippen molar-refractivity contribution in [1.82, 2.24) is 9.97 Å². The van der Waals surface area contributed by atoms with E-state index in [1.165, 1.54) is 31.4 Å². The van der Waals surface area contributed by atoms with Crippen LogP contribution in [-0.4, -0.2) is 36.8 Å². The summed E-state index contributed by atoms with van der Waals surface area (Å²) in [5.74, 6) is 0.310. The monoisotopic (exact) mass is 406 g/mol. The van der Waals surface area contributed by atoms with Gasteiger partial charge in [0.1, 0.15) is 11.6 Å². The number of phenols is 1. The van der Waals surface area contributed by atoms with Gasteiger partial charge in [0.05, 0.1) is 22.1 Å². The lowest BCUT2D eigenvalue weighted by molar-refractivity contribution is 0.475. The molecule has 1 aromatic carbocycles. The molecule has 10 heteroatoms. The van der Waals surface area contributed by atoms with Gasteiger partial charge < -0.3 is 10.4 Å². The second-order valence-electron chi connectivity index (χ2n) is 4.39. The fourth-order valence-corrected chi connectivity index (χ4v) is 2.56. The molecule has 0 aliphatic rings. The van der Waals surface area contributed by atoms with Crippen molar-refractivity contribution in [3.63, 3.8) is 0 Å². The molecule has 2 aromatic rings. The SMILES string of the molecule is CN(c1cc(O)ccc1Nc1nc(Cl)ncc1Br)S(C)(=O)=O. The van der Waals surface area contributed by atoms with E-state index in [4.69, 9.17) is 11.6 Å². The van der Waals surface area contributed by atoms with Crippen molar-refractivity contribution in [2.75, 3.05) is 22.9 Å². The van der Waals surface area contributed by atoms with Gasteiger partial charge in [-0.3, -0.25) is 4.31 Å². The molecule has 0 atom stereocenters. The van der Waals surface area contributed by atoms with Crippen molar-refractivity contribution in [1.29, 1.82) is 0 Å². The number of nitrogens with one attached hydrogen (secondary N) is 1. The number of aromatic nitrogens is 2. The van der Waals surface area contributed by atoms with Gasteiger partial charge in [-0.1, -0.05) is 0 Å². The maximum absolute atomic E-state index is 11.7. The number of aromatic hydroxyl groups is 1. The van der Waals surface area contributed by atoms with Crippen LogP contribution in [0, 0.1) is 0 Å². The van der Waals surface area contributed by atoms with E-state index in [9.17, 15) is 13.5 Å². The normalized spacial score (nSPS) is 11.3. The quantitative estimate of drug-likeness (QED) is 0.598. The van der Waals surface area contributed by atoms with E-state index in [0.717, 1.165) is 10.6 Å². The Bertz CT molecular complexity index is 816. The van der Waals surface area contributed by atoms with Gasteiger partial charge in [-0.25, -0.2) is 13.4 Å². The molecule has 0 fully saturated rings. The Morgan fingerprint density at radius 1 is 1.41 bits per heavy atom. The first-order chi connectivity index (χ1) is 10.2. The van der Waals surface area contributed by atoms with Crippen LogP contribution in [0.1, 0.15) is 0 Å². The first-order valence-corrected chi connectivity index (χ1v) is 8.92. The summed E-state index contributed by atoms with van der Waals surface area (Å²) in [4.78, 5) is 7.83. The average molecular weight is 408 g/mol. The van der Waals surface area contributed by atoms with Gasteiger partial charge in [-0.15, -0.1) is 0 Å². The molecule has 0 spiro atoms. The first kappa shape index (κ1) is 16.8. The molecule has 0 aliphatic heterocycles. The minimum Gasteiger partial charge on any atom is -0.508 e. The first-order valence-electron chi connectivity index (χ1n) is 5.90. The largest absolute Gasteiger partial charge is 0.508 e. The van der Waals surface area contributed by atoms with Gasteiger partial charge in [-0.05, 0) is 39.7 Å². The van der Waals surface area contributed by atoms with E-state index in [1.54, 1.807) is 0 Å². The summed E-state index contributed by atoms with van der Waals surface area (Å²) in [6.07, 6.45) is 2.54. The summed E-state index contributed by atoms with van der Waals surface area (Å²) >= 11 is 9.03. The lowest BCUT2D eigenvalue weighted by Crippen LogP contribution is -2.25. The standard InChI is InChI=1S/C12H12BrClN4O3S/c1-18(22(2,20)21)10-5-7(19)3-4-9(10)16-11-8(13)6-15-12(14)17-11/h3-6,19H,1-2H3,(H,15,16,17). The van der Waals surface area contributed by atoms with Gasteiger partial charge in [0.15, 0.2) is 0 Å². The molecule has 0 saturated carbocycles. The molecule has 22 heavy (non-hydrogen) atoms. The van der Waals surface area contributed by atoms with E-state index in [-0.39, 0.29) is 16.7 Å².